The molecule has 0 radical (unpaired) electrons. The molecule has 1 fully saturated rings. The Morgan fingerprint density at radius 1 is 1.03 bits per heavy atom. The normalized spacial score (nSPS) is 16.8. The third kappa shape index (κ3) is 5.76. The highest BCUT2D eigenvalue weighted by atomic mass is 35.5. The predicted molar refractivity (Wildman–Crippen MR) is 115 cm³/mol. The van der Waals surface area contributed by atoms with Gasteiger partial charge in [0, 0.05) is 44.6 Å². The van der Waals surface area contributed by atoms with E-state index in [2.05, 4.69) is 33.4 Å². The third-order valence-electron chi connectivity index (χ3n) is 5.05. The van der Waals surface area contributed by atoms with Crippen molar-refractivity contribution >= 4 is 12.4 Å². The average Bonchev–Trinajstić information content (AvgIpc) is 2.75. The topological polar surface area (TPSA) is 37.4 Å². The number of rotatable bonds is 6. The van der Waals surface area contributed by atoms with E-state index in [1.807, 2.05) is 30.6 Å². The van der Waals surface area contributed by atoms with Gasteiger partial charge in [0.25, 0.3) is 0 Å². The second-order valence-electron chi connectivity index (χ2n) is 7.04. The Morgan fingerprint density at radius 3 is 2.52 bits per heavy atom. The molecule has 1 N–H and O–H groups in total. The number of hydrogen-bond donors (Lipinski definition) is 1. The number of benzene rings is 2. The fourth-order valence-electron chi connectivity index (χ4n) is 3.51. The van der Waals surface area contributed by atoms with E-state index in [0.717, 1.165) is 37.5 Å². The lowest BCUT2D eigenvalue weighted by atomic mass is 10.0. The molecule has 29 heavy (non-hydrogen) atoms. The van der Waals surface area contributed by atoms with Gasteiger partial charge in [-0.05, 0) is 47.0 Å². The molecule has 2 heterocycles. The molecule has 0 bridgehead atoms. The Morgan fingerprint density at radius 2 is 1.79 bits per heavy atom. The van der Waals surface area contributed by atoms with Gasteiger partial charge in [0.2, 0.25) is 0 Å². The van der Waals surface area contributed by atoms with Gasteiger partial charge in [-0.2, -0.15) is 0 Å². The fraction of sp³-hybridized carbons (Fsp3) is 0.261. The van der Waals surface area contributed by atoms with Gasteiger partial charge >= 0.3 is 0 Å². The lowest BCUT2D eigenvalue weighted by molar-refractivity contribution is 0.153. The minimum Gasteiger partial charge on any atom is -0.489 e. The van der Waals surface area contributed by atoms with Gasteiger partial charge in [-0.1, -0.05) is 30.3 Å². The van der Waals surface area contributed by atoms with Crippen LogP contribution in [0.5, 0.6) is 5.75 Å². The fourth-order valence-corrected chi connectivity index (χ4v) is 3.51. The van der Waals surface area contributed by atoms with Gasteiger partial charge < -0.3 is 10.1 Å². The molecule has 4 nitrogen and oxygen atoms in total. The first-order valence-corrected chi connectivity index (χ1v) is 9.59. The zero-order chi connectivity index (χ0) is 19.2. The number of hydrogen-bond acceptors (Lipinski definition) is 4. The van der Waals surface area contributed by atoms with Crippen LogP contribution in [0, 0.1) is 5.82 Å². The zero-order valence-electron chi connectivity index (χ0n) is 16.1. The van der Waals surface area contributed by atoms with Crippen LogP contribution in [0.25, 0.3) is 0 Å². The number of aromatic nitrogens is 1. The molecule has 4 rings (SSSR count). The van der Waals surface area contributed by atoms with E-state index in [1.54, 1.807) is 12.1 Å². The van der Waals surface area contributed by atoms with Gasteiger partial charge in [0.05, 0.1) is 0 Å². The van der Waals surface area contributed by atoms with Crippen LogP contribution in [-0.2, 0) is 13.2 Å². The second-order valence-corrected chi connectivity index (χ2v) is 7.04. The van der Waals surface area contributed by atoms with Crippen LogP contribution in [0.2, 0.25) is 0 Å². The molecular weight excluding hydrogens is 389 g/mol. The molecule has 6 heteroatoms. The van der Waals surface area contributed by atoms with Crippen molar-refractivity contribution in [3.05, 3.63) is 95.6 Å². The minimum atomic E-state index is -0.231. The maximum atomic E-state index is 13.0. The van der Waals surface area contributed by atoms with Crippen molar-refractivity contribution in [1.29, 1.82) is 0 Å². The van der Waals surface area contributed by atoms with Crippen LogP contribution in [0.4, 0.5) is 4.39 Å². The smallest absolute Gasteiger partial charge is 0.123 e. The quantitative estimate of drug-likeness (QED) is 0.651. The molecular formula is C23H25ClFN3O. The highest BCUT2D eigenvalue weighted by Gasteiger charge is 2.23. The molecule has 2 aromatic carbocycles. The second kappa shape index (κ2) is 10.3. The van der Waals surface area contributed by atoms with E-state index >= 15 is 0 Å². The molecule has 1 aliphatic heterocycles. The summed E-state index contributed by atoms with van der Waals surface area (Å²) in [5.74, 6) is 0.586. The van der Waals surface area contributed by atoms with Crippen LogP contribution in [0.3, 0.4) is 0 Å². The van der Waals surface area contributed by atoms with Crippen LogP contribution < -0.4 is 10.1 Å². The predicted octanol–water partition coefficient (Wildman–Crippen LogP) is 4.37. The summed E-state index contributed by atoms with van der Waals surface area (Å²) >= 11 is 0. The number of halogens is 2. The Kier molecular flexibility index (Phi) is 7.58. The summed E-state index contributed by atoms with van der Waals surface area (Å²) in [6, 6.07) is 19.1. The van der Waals surface area contributed by atoms with E-state index in [-0.39, 0.29) is 18.2 Å². The number of pyridine rings is 1. The first kappa shape index (κ1) is 21.2. The summed E-state index contributed by atoms with van der Waals surface area (Å²) in [5, 5.41) is 3.48. The highest BCUT2D eigenvalue weighted by molar-refractivity contribution is 5.85. The van der Waals surface area contributed by atoms with E-state index in [0.29, 0.717) is 12.6 Å². The van der Waals surface area contributed by atoms with E-state index in [9.17, 15) is 4.39 Å². The van der Waals surface area contributed by atoms with Gasteiger partial charge in [0.15, 0.2) is 0 Å². The average molecular weight is 414 g/mol. The largest absolute Gasteiger partial charge is 0.489 e. The van der Waals surface area contributed by atoms with Crippen molar-refractivity contribution < 1.29 is 9.13 Å². The van der Waals surface area contributed by atoms with Crippen molar-refractivity contribution in [1.82, 2.24) is 15.2 Å². The summed E-state index contributed by atoms with van der Waals surface area (Å²) < 4.78 is 18.8. The standard InChI is InChI=1S/C23H24FN3O.ClH/c24-21-7-3-19(4-8-21)17-28-22-9-5-18(6-10-22)16-27-13-12-26-15-23(27)20-2-1-11-25-14-20;/h1-11,14,23,26H,12-13,15-17H2;1H. The van der Waals surface area contributed by atoms with Crippen molar-refractivity contribution in [2.24, 2.45) is 0 Å². The van der Waals surface area contributed by atoms with Crippen LogP contribution in [0.15, 0.2) is 73.1 Å². The Hall–Kier alpha value is -2.47. The lowest BCUT2D eigenvalue weighted by Gasteiger charge is -2.36. The minimum absolute atomic E-state index is 0. The molecule has 0 spiro atoms. The molecule has 0 aliphatic carbocycles. The summed E-state index contributed by atoms with van der Waals surface area (Å²) in [4.78, 5) is 6.76. The van der Waals surface area contributed by atoms with Crippen LogP contribution in [0.1, 0.15) is 22.7 Å². The molecule has 1 aromatic heterocycles. The summed E-state index contributed by atoms with van der Waals surface area (Å²) in [6.45, 7) is 4.25. The maximum absolute atomic E-state index is 13.0. The zero-order valence-corrected chi connectivity index (χ0v) is 16.9. The monoisotopic (exact) mass is 413 g/mol. The first-order chi connectivity index (χ1) is 13.8. The van der Waals surface area contributed by atoms with Crippen molar-refractivity contribution in [3.8, 4) is 5.75 Å². The molecule has 3 aromatic rings. The van der Waals surface area contributed by atoms with E-state index < -0.39 is 0 Å². The molecule has 1 saturated heterocycles. The van der Waals surface area contributed by atoms with Gasteiger partial charge in [-0.3, -0.25) is 9.88 Å². The summed E-state index contributed by atoms with van der Waals surface area (Å²) in [7, 11) is 0. The van der Waals surface area contributed by atoms with Crippen molar-refractivity contribution in [2.75, 3.05) is 19.6 Å². The van der Waals surface area contributed by atoms with Gasteiger partial charge in [-0.25, -0.2) is 4.39 Å². The van der Waals surface area contributed by atoms with Crippen LogP contribution >= 0.6 is 12.4 Å². The van der Waals surface area contributed by atoms with Gasteiger partial charge in [0.1, 0.15) is 18.2 Å². The maximum Gasteiger partial charge on any atom is 0.123 e. The summed E-state index contributed by atoms with van der Waals surface area (Å²) in [5.41, 5.74) is 3.45. The molecule has 1 aliphatic rings. The van der Waals surface area contributed by atoms with Crippen LogP contribution in [-0.4, -0.2) is 29.5 Å². The molecule has 152 valence electrons. The highest BCUT2D eigenvalue weighted by Crippen LogP contribution is 2.24. The van der Waals surface area contributed by atoms with Crippen molar-refractivity contribution in [3.63, 3.8) is 0 Å². The SMILES string of the molecule is Cl.Fc1ccc(COc2ccc(CN3CCNCC3c3cccnc3)cc2)cc1. The number of ether oxygens (including phenoxy) is 1. The molecule has 1 unspecified atom stereocenters. The third-order valence-corrected chi connectivity index (χ3v) is 5.05. The summed E-state index contributed by atoms with van der Waals surface area (Å²) in [6.07, 6.45) is 3.77. The lowest BCUT2D eigenvalue weighted by Crippen LogP contribution is -2.45. The number of nitrogens with one attached hydrogen (secondary N) is 1. The molecule has 0 amide bonds. The Labute approximate surface area is 177 Å². The van der Waals surface area contributed by atoms with Crippen molar-refractivity contribution in [2.45, 2.75) is 19.2 Å². The first-order valence-electron chi connectivity index (χ1n) is 9.59. The van der Waals surface area contributed by atoms with Gasteiger partial charge in [-0.15, -0.1) is 12.4 Å². The molecule has 1 atom stereocenters. The molecule has 0 saturated carbocycles. The Balaban J connectivity index is 0.00000240. The van der Waals surface area contributed by atoms with E-state index in [1.165, 1.54) is 23.3 Å². The number of piperazine rings is 1. The Bertz CT molecular complexity index is 875. The van der Waals surface area contributed by atoms with E-state index in [4.69, 9.17) is 4.74 Å². The number of nitrogens with zero attached hydrogens (tertiary/aromatic N) is 2.